The summed E-state index contributed by atoms with van der Waals surface area (Å²) in [4.78, 5) is 13.1. The van der Waals surface area contributed by atoms with Crippen molar-refractivity contribution in [2.75, 3.05) is 11.9 Å². The average molecular weight is 295 g/mol. The van der Waals surface area contributed by atoms with Crippen LogP contribution in [0.2, 0.25) is 0 Å². The zero-order chi connectivity index (χ0) is 13.5. The lowest BCUT2D eigenvalue weighted by molar-refractivity contribution is 0.959. The second kappa shape index (κ2) is 7.40. The lowest BCUT2D eigenvalue weighted by atomic mass is 10.4. The normalized spacial score (nSPS) is 10.6. The number of nitrogens with one attached hydrogen (secondary N) is 1. The SMILES string of the molecule is CCCNc1cnc(CSc2nc(CC)ns2)cn1. The highest BCUT2D eigenvalue weighted by atomic mass is 32.2. The van der Waals surface area contributed by atoms with E-state index in [4.69, 9.17) is 0 Å². The van der Waals surface area contributed by atoms with E-state index in [1.54, 1.807) is 18.0 Å². The monoisotopic (exact) mass is 295 g/mol. The quantitative estimate of drug-likeness (QED) is 0.792. The van der Waals surface area contributed by atoms with Gasteiger partial charge in [0.1, 0.15) is 11.6 Å². The van der Waals surface area contributed by atoms with Crippen molar-refractivity contribution in [1.82, 2.24) is 19.3 Å². The number of aryl methyl sites for hydroxylation is 1. The van der Waals surface area contributed by atoms with E-state index < -0.39 is 0 Å². The van der Waals surface area contributed by atoms with Crippen LogP contribution < -0.4 is 5.32 Å². The fourth-order valence-corrected chi connectivity index (χ4v) is 2.94. The van der Waals surface area contributed by atoms with Gasteiger partial charge in [0.05, 0.1) is 18.1 Å². The van der Waals surface area contributed by atoms with Crippen LogP contribution in [0.15, 0.2) is 16.7 Å². The van der Waals surface area contributed by atoms with Crippen LogP contribution in [0.25, 0.3) is 0 Å². The van der Waals surface area contributed by atoms with Gasteiger partial charge in [0.25, 0.3) is 0 Å². The van der Waals surface area contributed by atoms with E-state index in [2.05, 4.69) is 38.5 Å². The molecular formula is C12H17N5S2. The minimum atomic E-state index is 0.777. The van der Waals surface area contributed by atoms with E-state index in [0.29, 0.717) is 0 Å². The van der Waals surface area contributed by atoms with E-state index in [1.165, 1.54) is 11.5 Å². The maximum absolute atomic E-state index is 4.41. The lowest BCUT2D eigenvalue weighted by Gasteiger charge is -2.03. The Morgan fingerprint density at radius 3 is 2.79 bits per heavy atom. The van der Waals surface area contributed by atoms with Crippen LogP contribution >= 0.6 is 23.3 Å². The molecule has 0 saturated carbocycles. The number of hydrogen-bond acceptors (Lipinski definition) is 7. The number of nitrogens with zero attached hydrogens (tertiary/aromatic N) is 4. The maximum atomic E-state index is 4.41. The number of aromatic nitrogens is 4. The van der Waals surface area contributed by atoms with Gasteiger partial charge in [0.2, 0.25) is 0 Å². The first-order chi connectivity index (χ1) is 9.31. The zero-order valence-electron chi connectivity index (χ0n) is 11.1. The molecular weight excluding hydrogens is 278 g/mol. The lowest BCUT2D eigenvalue weighted by Crippen LogP contribution is -2.02. The highest BCUT2D eigenvalue weighted by molar-refractivity contribution is 8.00. The standard InChI is InChI=1S/C12H17N5S2/c1-3-5-13-11-7-14-9(6-15-11)8-18-12-16-10(4-2)17-19-12/h6-7H,3-5,8H2,1-2H3,(H,13,15). The molecule has 0 aliphatic carbocycles. The summed E-state index contributed by atoms with van der Waals surface area (Å²) in [5, 5.41) is 3.21. The smallest absolute Gasteiger partial charge is 0.170 e. The van der Waals surface area contributed by atoms with Crippen LogP contribution in [0.5, 0.6) is 0 Å². The topological polar surface area (TPSA) is 63.6 Å². The van der Waals surface area contributed by atoms with Gasteiger partial charge >= 0.3 is 0 Å². The number of thioether (sulfide) groups is 1. The van der Waals surface area contributed by atoms with E-state index in [1.807, 2.05) is 6.20 Å². The minimum absolute atomic E-state index is 0.777. The second-order valence-electron chi connectivity index (χ2n) is 3.94. The van der Waals surface area contributed by atoms with Gasteiger partial charge in [-0.05, 0) is 18.0 Å². The molecule has 0 bridgehead atoms. The van der Waals surface area contributed by atoms with Crippen LogP contribution in [0.1, 0.15) is 31.8 Å². The molecule has 0 amide bonds. The molecule has 2 aromatic rings. The zero-order valence-corrected chi connectivity index (χ0v) is 12.7. The summed E-state index contributed by atoms with van der Waals surface area (Å²) in [6, 6.07) is 0. The van der Waals surface area contributed by atoms with Crippen molar-refractivity contribution < 1.29 is 0 Å². The minimum Gasteiger partial charge on any atom is -0.369 e. The number of anilines is 1. The first-order valence-electron chi connectivity index (χ1n) is 6.32. The molecule has 2 aromatic heterocycles. The van der Waals surface area contributed by atoms with Crippen LogP contribution in [0.3, 0.4) is 0 Å². The highest BCUT2D eigenvalue weighted by Gasteiger charge is 2.04. The van der Waals surface area contributed by atoms with E-state index in [0.717, 1.165) is 46.8 Å². The van der Waals surface area contributed by atoms with E-state index in [-0.39, 0.29) is 0 Å². The van der Waals surface area contributed by atoms with Gasteiger partial charge in [-0.3, -0.25) is 4.98 Å². The van der Waals surface area contributed by atoms with Crippen molar-refractivity contribution in [3.63, 3.8) is 0 Å². The first-order valence-corrected chi connectivity index (χ1v) is 8.08. The van der Waals surface area contributed by atoms with Crippen molar-refractivity contribution in [3.8, 4) is 0 Å². The molecule has 19 heavy (non-hydrogen) atoms. The molecule has 0 saturated heterocycles. The van der Waals surface area contributed by atoms with E-state index in [9.17, 15) is 0 Å². The fraction of sp³-hybridized carbons (Fsp3) is 0.500. The summed E-state index contributed by atoms with van der Waals surface area (Å²) < 4.78 is 5.25. The molecule has 5 nitrogen and oxygen atoms in total. The summed E-state index contributed by atoms with van der Waals surface area (Å²) in [6.07, 6.45) is 5.56. The Balaban J connectivity index is 1.85. The predicted molar refractivity (Wildman–Crippen MR) is 79.7 cm³/mol. The molecule has 0 fully saturated rings. The van der Waals surface area contributed by atoms with Gasteiger partial charge in [-0.2, -0.15) is 4.37 Å². The van der Waals surface area contributed by atoms with Crippen LogP contribution in [0, 0.1) is 0 Å². The Hall–Kier alpha value is -1.21. The maximum Gasteiger partial charge on any atom is 0.170 e. The summed E-state index contributed by atoms with van der Waals surface area (Å²) >= 11 is 3.10. The third-order valence-electron chi connectivity index (χ3n) is 2.37. The molecule has 0 aliphatic heterocycles. The molecule has 7 heteroatoms. The molecule has 0 radical (unpaired) electrons. The Kier molecular flexibility index (Phi) is 5.53. The summed E-state index contributed by atoms with van der Waals surface area (Å²) in [5.74, 6) is 2.52. The summed E-state index contributed by atoms with van der Waals surface area (Å²) in [7, 11) is 0. The van der Waals surface area contributed by atoms with Crippen LogP contribution in [0.4, 0.5) is 5.82 Å². The molecule has 2 rings (SSSR count). The molecule has 0 aromatic carbocycles. The largest absolute Gasteiger partial charge is 0.369 e. The van der Waals surface area contributed by atoms with E-state index >= 15 is 0 Å². The Morgan fingerprint density at radius 2 is 2.16 bits per heavy atom. The molecule has 0 atom stereocenters. The molecule has 0 spiro atoms. The molecule has 2 heterocycles. The van der Waals surface area contributed by atoms with Crippen LogP contribution in [-0.2, 0) is 12.2 Å². The van der Waals surface area contributed by atoms with Crippen molar-refractivity contribution in [2.24, 2.45) is 0 Å². The molecule has 102 valence electrons. The van der Waals surface area contributed by atoms with Crippen molar-refractivity contribution in [1.29, 1.82) is 0 Å². The highest BCUT2D eigenvalue weighted by Crippen LogP contribution is 2.23. The molecule has 1 N–H and O–H groups in total. The molecule has 0 unspecified atom stereocenters. The number of hydrogen-bond donors (Lipinski definition) is 1. The summed E-state index contributed by atoms with van der Waals surface area (Å²) in [6.45, 7) is 5.11. The Bertz CT molecular complexity index is 497. The van der Waals surface area contributed by atoms with Gasteiger partial charge in [0.15, 0.2) is 4.34 Å². The third-order valence-corrected chi connectivity index (χ3v) is 4.28. The van der Waals surface area contributed by atoms with Crippen molar-refractivity contribution in [2.45, 2.75) is 36.8 Å². The van der Waals surface area contributed by atoms with Crippen molar-refractivity contribution >= 4 is 29.1 Å². The third kappa shape index (κ3) is 4.43. The summed E-state index contributed by atoms with van der Waals surface area (Å²) in [5.41, 5.74) is 0.959. The van der Waals surface area contributed by atoms with Crippen LogP contribution in [-0.4, -0.2) is 25.9 Å². The van der Waals surface area contributed by atoms with Gasteiger partial charge in [0, 0.05) is 18.7 Å². The van der Waals surface area contributed by atoms with Gasteiger partial charge in [-0.15, -0.1) is 0 Å². The fourth-order valence-electron chi connectivity index (χ4n) is 1.35. The molecule has 0 aliphatic rings. The van der Waals surface area contributed by atoms with Gasteiger partial charge < -0.3 is 5.32 Å². The van der Waals surface area contributed by atoms with Gasteiger partial charge in [-0.1, -0.05) is 25.6 Å². The Labute approximate surface area is 121 Å². The first kappa shape index (κ1) is 14.2. The average Bonchev–Trinajstić information content (AvgIpc) is 2.92. The van der Waals surface area contributed by atoms with Crippen molar-refractivity contribution in [3.05, 3.63) is 23.9 Å². The second-order valence-corrected chi connectivity index (χ2v) is 5.91. The van der Waals surface area contributed by atoms with Gasteiger partial charge in [-0.25, -0.2) is 9.97 Å². The number of rotatable bonds is 7. The predicted octanol–water partition coefficient (Wildman–Crippen LogP) is 3.00. The Morgan fingerprint density at radius 1 is 1.26 bits per heavy atom.